The molecule has 1 N–H and O–H groups in total. The quantitative estimate of drug-likeness (QED) is 0.709. The Kier molecular flexibility index (Phi) is 2.77. The second-order valence-corrected chi connectivity index (χ2v) is 5.09. The Labute approximate surface area is 120 Å². The highest BCUT2D eigenvalue weighted by molar-refractivity contribution is 5.77. The van der Waals surface area contributed by atoms with E-state index in [0.717, 1.165) is 16.8 Å². The monoisotopic (exact) mass is 285 g/mol. The molecule has 3 aromatic rings. The van der Waals surface area contributed by atoms with Crippen molar-refractivity contribution in [2.75, 3.05) is 18.0 Å². The molecule has 0 bridgehead atoms. The van der Waals surface area contributed by atoms with Gasteiger partial charge in [0.15, 0.2) is 5.69 Å². The van der Waals surface area contributed by atoms with Gasteiger partial charge in [-0.3, -0.25) is 4.90 Å². The molecule has 1 fully saturated rings. The van der Waals surface area contributed by atoms with E-state index in [4.69, 9.17) is 0 Å². The van der Waals surface area contributed by atoms with E-state index in [0.29, 0.717) is 25.5 Å². The van der Waals surface area contributed by atoms with Gasteiger partial charge in [-0.15, -0.1) is 0 Å². The first kappa shape index (κ1) is 12.2. The molecule has 0 aliphatic carbocycles. The first-order valence-electron chi connectivity index (χ1n) is 6.88. The lowest BCUT2D eigenvalue weighted by atomic mass is 10.2. The van der Waals surface area contributed by atoms with Crippen molar-refractivity contribution in [3.63, 3.8) is 0 Å². The van der Waals surface area contributed by atoms with Crippen LogP contribution in [-0.4, -0.2) is 39.1 Å². The zero-order valence-corrected chi connectivity index (χ0v) is 11.3. The summed E-state index contributed by atoms with van der Waals surface area (Å²) in [6.07, 6.45) is 5.04. The number of rotatable bonds is 2. The molecule has 0 radical (unpaired) electrons. The van der Waals surface area contributed by atoms with Crippen molar-refractivity contribution in [1.82, 2.24) is 19.8 Å². The number of halogens is 1. The first-order chi connectivity index (χ1) is 10.3. The Morgan fingerprint density at radius 1 is 1.29 bits per heavy atom. The summed E-state index contributed by atoms with van der Waals surface area (Å²) in [5.41, 5.74) is 2.61. The lowest BCUT2D eigenvalue weighted by Gasteiger charge is -2.07. The van der Waals surface area contributed by atoms with E-state index in [-0.39, 0.29) is 0 Å². The fourth-order valence-electron chi connectivity index (χ4n) is 2.63. The van der Waals surface area contributed by atoms with E-state index in [2.05, 4.69) is 20.2 Å². The van der Waals surface area contributed by atoms with Gasteiger partial charge >= 0.3 is 5.95 Å². The zero-order chi connectivity index (χ0) is 14.2. The Morgan fingerprint density at radius 2 is 2.24 bits per heavy atom. The van der Waals surface area contributed by atoms with Crippen LogP contribution >= 0.6 is 0 Å². The molecule has 3 aromatic heterocycles. The van der Waals surface area contributed by atoms with E-state index in [1.54, 1.807) is 17.0 Å². The Morgan fingerprint density at radius 3 is 3.10 bits per heavy atom. The smallest absolute Gasteiger partial charge is 0.259 e. The van der Waals surface area contributed by atoms with Crippen LogP contribution in [0.4, 0.5) is 10.3 Å². The van der Waals surface area contributed by atoms with Crippen molar-refractivity contribution in [2.24, 2.45) is 0 Å². The summed E-state index contributed by atoms with van der Waals surface area (Å²) in [6, 6.07) is 5.70. The highest BCUT2D eigenvalue weighted by Crippen LogP contribution is 2.23. The van der Waals surface area contributed by atoms with Crippen molar-refractivity contribution in [3.05, 3.63) is 36.8 Å². The summed E-state index contributed by atoms with van der Waals surface area (Å²) < 4.78 is 14.9. The maximum absolute atomic E-state index is 13.3. The first-order valence-corrected chi connectivity index (χ1v) is 6.88. The molecule has 0 aromatic carbocycles. The van der Waals surface area contributed by atoms with Gasteiger partial charge in [0.05, 0.1) is 36.6 Å². The van der Waals surface area contributed by atoms with Crippen molar-refractivity contribution < 1.29 is 9.37 Å². The normalized spacial score (nSPS) is 18.5. The third-order valence-electron chi connectivity index (χ3n) is 3.69. The number of anilines is 1. The van der Waals surface area contributed by atoms with Crippen LogP contribution in [0.2, 0.25) is 0 Å². The predicted molar refractivity (Wildman–Crippen MR) is 74.5 cm³/mol. The fraction of sp³-hybridized carbons (Fsp3) is 0.286. The van der Waals surface area contributed by atoms with Gasteiger partial charge in [-0.05, 0) is 12.1 Å². The van der Waals surface area contributed by atoms with Gasteiger partial charge in [0.1, 0.15) is 6.17 Å². The average molecular weight is 285 g/mol. The van der Waals surface area contributed by atoms with Crippen LogP contribution in [0.5, 0.6) is 0 Å². The lowest BCUT2D eigenvalue weighted by molar-refractivity contribution is -0.367. The second kappa shape index (κ2) is 4.76. The Hall–Kier alpha value is -2.57. The zero-order valence-electron chi connectivity index (χ0n) is 11.3. The summed E-state index contributed by atoms with van der Waals surface area (Å²) in [6.45, 7) is 1.08. The number of H-pyrrole nitrogens is 1. The summed E-state index contributed by atoms with van der Waals surface area (Å²) in [4.78, 5) is 9.62. The van der Waals surface area contributed by atoms with Gasteiger partial charge in [-0.1, -0.05) is 4.98 Å². The minimum Gasteiger partial charge on any atom is -0.259 e. The lowest BCUT2D eigenvalue weighted by Crippen LogP contribution is -2.28. The number of aromatic nitrogens is 5. The minimum absolute atomic E-state index is 0.392. The van der Waals surface area contributed by atoms with Crippen LogP contribution < -0.4 is 9.88 Å². The standard InChI is InChI=1S/C14H13FN6/c15-10-4-7-20(9-10)14-16-6-3-12(19-14)11-8-18-21-13(11)2-1-5-17-21/h1-3,5-6,8,10H,4,7,9H2/p+1/t10-/m0/s1. The molecule has 106 valence electrons. The molecule has 1 aliphatic heterocycles. The van der Waals surface area contributed by atoms with E-state index in [1.807, 2.05) is 29.3 Å². The van der Waals surface area contributed by atoms with Crippen molar-refractivity contribution in [3.8, 4) is 11.3 Å². The minimum atomic E-state index is -0.773. The largest absolute Gasteiger partial charge is 0.392 e. The van der Waals surface area contributed by atoms with Gasteiger partial charge in [-0.25, -0.2) is 9.37 Å². The van der Waals surface area contributed by atoms with Gasteiger partial charge in [0.2, 0.25) is 0 Å². The number of aromatic amines is 1. The fourth-order valence-corrected chi connectivity index (χ4v) is 2.63. The molecule has 1 aliphatic rings. The predicted octanol–water partition coefficient (Wildman–Crippen LogP) is 1.15. The summed E-state index contributed by atoms with van der Waals surface area (Å²) in [7, 11) is 0. The van der Waals surface area contributed by atoms with E-state index < -0.39 is 6.17 Å². The van der Waals surface area contributed by atoms with Crippen LogP contribution in [-0.2, 0) is 0 Å². The topological polar surface area (TPSA) is 60.5 Å². The van der Waals surface area contributed by atoms with E-state index in [9.17, 15) is 4.39 Å². The van der Waals surface area contributed by atoms with Crippen LogP contribution in [0.15, 0.2) is 36.8 Å². The van der Waals surface area contributed by atoms with Crippen LogP contribution in [0.1, 0.15) is 6.42 Å². The van der Waals surface area contributed by atoms with Crippen molar-refractivity contribution in [1.29, 1.82) is 0 Å². The third-order valence-corrected chi connectivity index (χ3v) is 3.69. The Bertz CT molecular complexity index is 786. The molecule has 7 heteroatoms. The van der Waals surface area contributed by atoms with Crippen molar-refractivity contribution >= 4 is 11.5 Å². The van der Waals surface area contributed by atoms with Crippen LogP contribution in [0.25, 0.3) is 16.8 Å². The summed E-state index contributed by atoms with van der Waals surface area (Å²) in [5, 5.41) is 8.36. The molecule has 4 rings (SSSR count). The van der Waals surface area contributed by atoms with Crippen molar-refractivity contribution in [2.45, 2.75) is 12.6 Å². The molecule has 1 atom stereocenters. The van der Waals surface area contributed by atoms with Crippen LogP contribution in [0.3, 0.4) is 0 Å². The number of nitrogens with one attached hydrogen (secondary N) is 1. The molecular formula is C14H14FN6+. The SMILES string of the molecule is F[C@H]1CCN(c2nc(-c3cnn4ncccc34)cc[nH+]2)C1. The molecule has 6 nitrogen and oxygen atoms in total. The van der Waals surface area contributed by atoms with Gasteiger partial charge < -0.3 is 0 Å². The Balaban J connectivity index is 1.75. The molecule has 0 spiro atoms. The third kappa shape index (κ3) is 2.10. The number of nitrogens with zero attached hydrogens (tertiary/aromatic N) is 5. The summed E-state index contributed by atoms with van der Waals surface area (Å²) in [5.74, 6) is 0.691. The molecule has 21 heavy (non-hydrogen) atoms. The number of hydrogen-bond acceptors (Lipinski definition) is 4. The maximum Gasteiger partial charge on any atom is 0.392 e. The summed E-state index contributed by atoms with van der Waals surface area (Å²) >= 11 is 0. The average Bonchev–Trinajstić information content (AvgIpc) is 3.13. The van der Waals surface area contributed by atoms with Gasteiger partial charge in [0, 0.05) is 18.7 Å². The highest BCUT2D eigenvalue weighted by atomic mass is 19.1. The number of alkyl halides is 1. The molecule has 0 saturated carbocycles. The maximum atomic E-state index is 13.3. The number of hydrogen-bond donors (Lipinski definition) is 0. The highest BCUT2D eigenvalue weighted by Gasteiger charge is 2.29. The second-order valence-electron chi connectivity index (χ2n) is 5.09. The van der Waals surface area contributed by atoms with Crippen LogP contribution in [0, 0.1) is 0 Å². The molecule has 1 saturated heterocycles. The van der Waals surface area contributed by atoms with E-state index in [1.165, 1.54) is 0 Å². The molecule has 4 heterocycles. The van der Waals surface area contributed by atoms with Gasteiger partial charge in [-0.2, -0.15) is 14.8 Å². The molecular weight excluding hydrogens is 271 g/mol. The van der Waals surface area contributed by atoms with E-state index >= 15 is 0 Å². The number of fused-ring (bicyclic) bond motifs is 1. The van der Waals surface area contributed by atoms with Gasteiger partial charge in [0.25, 0.3) is 0 Å². The molecule has 0 unspecified atom stereocenters. The molecule has 0 amide bonds.